The van der Waals surface area contributed by atoms with E-state index in [0.29, 0.717) is 11.1 Å². The van der Waals surface area contributed by atoms with Crippen LogP contribution in [0.1, 0.15) is 117 Å². The quantitative estimate of drug-likeness (QED) is 0.111. The molecule has 0 saturated heterocycles. The van der Waals surface area contributed by atoms with E-state index in [-0.39, 0.29) is 22.4 Å². The second kappa shape index (κ2) is 14.8. The predicted molar refractivity (Wildman–Crippen MR) is 198 cm³/mol. The molecule has 0 bridgehead atoms. The summed E-state index contributed by atoms with van der Waals surface area (Å²) in [5.41, 5.74) is 6.78. The molecule has 1 aliphatic carbocycles. The summed E-state index contributed by atoms with van der Waals surface area (Å²) in [6, 6.07) is 12.5. The van der Waals surface area contributed by atoms with Crippen molar-refractivity contribution in [2.75, 3.05) is 32.2 Å². The van der Waals surface area contributed by atoms with Gasteiger partial charge < -0.3 is 19.5 Å². The van der Waals surface area contributed by atoms with E-state index in [0.717, 1.165) is 60.2 Å². The van der Waals surface area contributed by atoms with Crippen molar-refractivity contribution >= 4 is 22.9 Å². The monoisotopic (exact) mass is 653 g/mol. The first-order chi connectivity index (χ1) is 23.0. The number of aliphatic hydroxyl groups excluding tert-OH is 1. The number of rotatable bonds is 16. The summed E-state index contributed by atoms with van der Waals surface area (Å²) in [5.74, 6) is 1.62. The first kappa shape index (κ1) is 35.5. The molecule has 2 aromatic carbocycles. The van der Waals surface area contributed by atoms with Crippen LogP contribution in [0.15, 0.2) is 71.2 Å². The normalized spacial score (nSPS) is 19.3. The molecular formula is C42H57N2O4+. The predicted octanol–water partition coefficient (Wildman–Crippen LogP) is 10.0. The van der Waals surface area contributed by atoms with Crippen molar-refractivity contribution in [1.82, 2.24) is 0 Å². The van der Waals surface area contributed by atoms with Gasteiger partial charge in [0.25, 0.3) is 0 Å². The van der Waals surface area contributed by atoms with Gasteiger partial charge >= 0.3 is 0 Å². The van der Waals surface area contributed by atoms with Gasteiger partial charge in [0, 0.05) is 47.5 Å². The average molecular weight is 654 g/mol. The highest BCUT2D eigenvalue weighted by atomic mass is 16.5. The van der Waals surface area contributed by atoms with Crippen LogP contribution in [0.2, 0.25) is 0 Å². The summed E-state index contributed by atoms with van der Waals surface area (Å²) in [7, 11) is 3.39. The summed E-state index contributed by atoms with van der Waals surface area (Å²) < 4.78 is 13.5. The third-order valence-electron chi connectivity index (χ3n) is 10.7. The van der Waals surface area contributed by atoms with Gasteiger partial charge in [-0.3, -0.25) is 4.79 Å². The number of allylic oxidation sites excluding steroid dienone is 5. The van der Waals surface area contributed by atoms with Crippen molar-refractivity contribution < 1.29 is 24.0 Å². The lowest BCUT2D eigenvalue weighted by Crippen LogP contribution is -2.32. The van der Waals surface area contributed by atoms with Gasteiger partial charge in [-0.1, -0.05) is 72.6 Å². The van der Waals surface area contributed by atoms with Crippen LogP contribution in [0, 0.1) is 0 Å². The van der Waals surface area contributed by atoms with Crippen LogP contribution in [0.25, 0.3) is 0 Å². The molecule has 2 aromatic rings. The summed E-state index contributed by atoms with van der Waals surface area (Å²) in [6.07, 6.45) is 15.7. The molecule has 3 aliphatic rings. The Morgan fingerprint density at radius 1 is 0.771 bits per heavy atom. The molecule has 0 atom stereocenters. The Kier molecular flexibility index (Phi) is 10.9. The van der Waals surface area contributed by atoms with E-state index in [9.17, 15) is 9.90 Å². The molecule has 0 unspecified atom stereocenters. The third-order valence-corrected chi connectivity index (χ3v) is 10.7. The minimum Gasteiger partial charge on any atom is -0.506 e. The number of ether oxygens (including phenoxy) is 2. The Morgan fingerprint density at radius 3 is 2.00 bits per heavy atom. The van der Waals surface area contributed by atoms with Crippen LogP contribution in [0.5, 0.6) is 11.5 Å². The molecule has 6 heteroatoms. The van der Waals surface area contributed by atoms with Crippen LogP contribution in [0.4, 0.5) is 11.4 Å². The molecule has 1 N–H and O–H groups in total. The van der Waals surface area contributed by atoms with Crippen LogP contribution in [-0.4, -0.2) is 48.5 Å². The lowest BCUT2D eigenvalue weighted by atomic mass is 9.77. The number of Topliss-reactive ketones (excluding diaryl/α,β-unsaturated/α-hetero) is 1. The first-order valence-electron chi connectivity index (χ1n) is 18.2. The Hall–Kier alpha value is -3.80. The number of benzene rings is 2. The van der Waals surface area contributed by atoms with Gasteiger partial charge in [-0.25, -0.2) is 0 Å². The van der Waals surface area contributed by atoms with Crippen molar-refractivity contribution in [1.29, 1.82) is 0 Å². The molecule has 0 fully saturated rings. The highest BCUT2D eigenvalue weighted by Crippen LogP contribution is 2.50. The smallest absolute Gasteiger partial charge is 0.210 e. The fourth-order valence-corrected chi connectivity index (χ4v) is 7.70. The van der Waals surface area contributed by atoms with E-state index < -0.39 is 0 Å². The van der Waals surface area contributed by atoms with Gasteiger partial charge in [0.2, 0.25) is 11.5 Å². The molecule has 2 aliphatic heterocycles. The van der Waals surface area contributed by atoms with Gasteiger partial charge in [-0.15, -0.1) is 0 Å². The van der Waals surface area contributed by atoms with Gasteiger partial charge in [-0.05, 0) is 68.7 Å². The zero-order chi connectivity index (χ0) is 34.6. The van der Waals surface area contributed by atoms with Gasteiger partial charge in [0.15, 0.2) is 5.71 Å². The fraction of sp³-hybridized carbons (Fsp3) is 0.524. The molecule has 0 aromatic heterocycles. The van der Waals surface area contributed by atoms with Crippen LogP contribution < -0.4 is 14.4 Å². The summed E-state index contributed by atoms with van der Waals surface area (Å²) in [5, 5.41) is 11.6. The SMILES string of the molecule is CCCCCCCN1/C(=C/C2=C(O)C(=C\C3=[N+](CCCCCCC)c4ccc(OC)cc4C3(C)C)/C2=O)C(C)(C)c2cc(OC)ccc21. The molecule has 2 heterocycles. The van der Waals surface area contributed by atoms with Crippen molar-refractivity contribution in [3.63, 3.8) is 0 Å². The number of methoxy groups -OCH3 is 2. The Morgan fingerprint density at radius 2 is 1.38 bits per heavy atom. The van der Waals surface area contributed by atoms with Crippen molar-refractivity contribution in [2.24, 2.45) is 0 Å². The van der Waals surface area contributed by atoms with Crippen molar-refractivity contribution in [3.8, 4) is 11.5 Å². The maximum atomic E-state index is 14.0. The molecule has 0 amide bonds. The summed E-state index contributed by atoms with van der Waals surface area (Å²) in [6.45, 7) is 15.0. The van der Waals surface area contributed by atoms with E-state index >= 15 is 0 Å². The highest BCUT2D eigenvalue weighted by molar-refractivity contribution is 6.24. The van der Waals surface area contributed by atoms with Crippen LogP contribution in [-0.2, 0) is 15.6 Å². The number of carbonyl (C=O) groups excluding carboxylic acids is 1. The molecule has 5 rings (SSSR count). The molecule has 0 saturated carbocycles. The van der Waals surface area contributed by atoms with Gasteiger partial charge in [0.05, 0.1) is 30.8 Å². The summed E-state index contributed by atoms with van der Waals surface area (Å²) >= 11 is 0. The number of carbonyl (C=O) groups is 1. The van der Waals surface area contributed by atoms with E-state index in [4.69, 9.17) is 9.47 Å². The Balaban J connectivity index is 1.51. The number of ketones is 1. The standard InChI is InChI=1S/C42H56N2O4/c1-9-11-13-15-17-23-43-35-21-19-29(47-7)25-33(35)41(3,4)37(43)27-31-39(45)32(40(31)46)28-38-42(5,6)34-26-30(48-8)20-22-36(34)44(38)24-18-16-14-12-10-2/h19-22,25-28H,9-18,23-24H2,1-8H3/p+1. The lowest BCUT2D eigenvalue weighted by molar-refractivity contribution is -0.438. The van der Waals surface area contributed by atoms with Crippen molar-refractivity contribution in [3.05, 3.63) is 82.3 Å². The topological polar surface area (TPSA) is 62.0 Å². The number of nitrogens with zero attached hydrogens (tertiary/aromatic N) is 2. The summed E-state index contributed by atoms with van der Waals surface area (Å²) in [4.78, 5) is 16.3. The zero-order valence-electron chi connectivity index (χ0n) is 30.7. The lowest BCUT2D eigenvalue weighted by Gasteiger charge is -2.29. The molecular weight excluding hydrogens is 596 g/mol. The first-order valence-corrected chi connectivity index (χ1v) is 18.2. The maximum absolute atomic E-state index is 14.0. The minimum absolute atomic E-state index is 0.0828. The van der Waals surface area contributed by atoms with Gasteiger partial charge in [-0.2, -0.15) is 4.58 Å². The fourth-order valence-electron chi connectivity index (χ4n) is 7.70. The maximum Gasteiger partial charge on any atom is 0.210 e. The molecule has 6 nitrogen and oxygen atoms in total. The molecule has 0 spiro atoms. The van der Waals surface area contributed by atoms with Crippen LogP contribution >= 0.6 is 0 Å². The Labute approximate surface area is 288 Å². The zero-order valence-corrected chi connectivity index (χ0v) is 30.7. The van der Waals surface area contributed by atoms with Crippen molar-refractivity contribution in [2.45, 2.75) is 117 Å². The van der Waals surface area contributed by atoms with E-state index in [1.54, 1.807) is 14.2 Å². The number of hydrogen-bond acceptors (Lipinski definition) is 5. The molecule has 0 radical (unpaired) electrons. The van der Waals surface area contributed by atoms with Gasteiger partial charge in [0.1, 0.15) is 23.8 Å². The average Bonchev–Trinajstić information content (AvgIpc) is 3.42. The second-order valence-corrected chi connectivity index (χ2v) is 14.7. The number of fused-ring (bicyclic) bond motifs is 2. The van der Waals surface area contributed by atoms with E-state index in [1.165, 1.54) is 62.5 Å². The minimum atomic E-state index is -0.363. The van der Waals surface area contributed by atoms with E-state index in [2.05, 4.69) is 75.3 Å². The third kappa shape index (κ3) is 6.60. The second-order valence-electron chi connectivity index (χ2n) is 14.7. The van der Waals surface area contributed by atoms with Crippen LogP contribution in [0.3, 0.4) is 0 Å². The number of aliphatic hydroxyl groups is 1. The largest absolute Gasteiger partial charge is 0.506 e. The highest BCUT2D eigenvalue weighted by Gasteiger charge is 2.47. The Bertz CT molecular complexity index is 1660. The molecule has 48 heavy (non-hydrogen) atoms. The molecule has 258 valence electrons. The number of unbranched alkanes of at least 4 members (excludes halogenated alkanes) is 8. The van der Waals surface area contributed by atoms with E-state index in [1.807, 2.05) is 24.3 Å². The number of anilines is 1. The number of hydrogen-bond donors (Lipinski definition) is 1.